The molecule has 1 heterocycles. The third kappa shape index (κ3) is 2.33. The van der Waals surface area contributed by atoms with Crippen LogP contribution in [0.1, 0.15) is 5.56 Å². The van der Waals surface area contributed by atoms with E-state index in [9.17, 15) is 19.7 Å². The molecule has 2 aromatic rings. The van der Waals surface area contributed by atoms with Gasteiger partial charge in [-0.05, 0) is 19.1 Å². The van der Waals surface area contributed by atoms with E-state index in [0.717, 1.165) is 10.6 Å². The molecule has 1 N–H and O–H groups in total. The summed E-state index contributed by atoms with van der Waals surface area (Å²) in [5.41, 5.74) is -1.68. The van der Waals surface area contributed by atoms with E-state index >= 15 is 0 Å². The van der Waals surface area contributed by atoms with E-state index in [1.807, 2.05) is 0 Å². The Labute approximate surface area is 121 Å². The first-order chi connectivity index (χ1) is 9.32. The Kier molecular flexibility index (Phi) is 3.65. The van der Waals surface area contributed by atoms with Crippen LogP contribution < -0.4 is 11.2 Å². The minimum atomic E-state index is -0.790. The van der Waals surface area contributed by atoms with Gasteiger partial charge in [0, 0.05) is 6.07 Å². The molecular formula is C11H7Cl2N3O4. The summed E-state index contributed by atoms with van der Waals surface area (Å²) in [7, 11) is 0. The number of nitro groups is 1. The van der Waals surface area contributed by atoms with E-state index in [-0.39, 0.29) is 21.4 Å². The Balaban J connectivity index is 2.80. The summed E-state index contributed by atoms with van der Waals surface area (Å²) >= 11 is 11.4. The zero-order chi connectivity index (χ0) is 15.0. The molecule has 0 unspecified atom stereocenters. The second kappa shape index (κ2) is 5.10. The number of aromatic nitrogens is 2. The maximum atomic E-state index is 12.0. The molecule has 7 nitrogen and oxygen atoms in total. The Morgan fingerprint density at radius 3 is 2.55 bits per heavy atom. The van der Waals surface area contributed by atoms with Gasteiger partial charge in [-0.1, -0.05) is 23.2 Å². The van der Waals surface area contributed by atoms with E-state index in [2.05, 4.69) is 4.98 Å². The zero-order valence-electron chi connectivity index (χ0n) is 10.0. The lowest BCUT2D eigenvalue weighted by Gasteiger charge is -2.07. The molecular weight excluding hydrogens is 309 g/mol. The number of nitrogens with one attached hydrogen (secondary N) is 1. The lowest BCUT2D eigenvalue weighted by Crippen LogP contribution is -2.35. The van der Waals surface area contributed by atoms with Crippen molar-refractivity contribution in [1.29, 1.82) is 0 Å². The van der Waals surface area contributed by atoms with E-state index in [1.54, 1.807) is 0 Å². The first-order valence-corrected chi connectivity index (χ1v) is 6.04. The standard InChI is InChI=1S/C11H7Cl2N3O4/c1-5-9(13)14-11(18)15(10(5)17)6-2-3-7(12)8(4-6)16(19)20/h2-4H,1H3,(H,14,18). The zero-order valence-corrected chi connectivity index (χ0v) is 11.5. The number of hydrogen-bond acceptors (Lipinski definition) is 4. The normalized spacial score (nSPS) is 10.6. The van der Waals surface area contributed by atoms with E-state index in [0.29, 0.717) is 0 Å². The molecule has 0 aliphatic heterocycles. The predicted octanol–water partition coefficient (Wildman–Crippen LogP) is 2.05. The van der Waals surface area contributed by atoms with Crippen molar-refractivity contribution >= 4 is 28.9 Å². The smallest absolute Gasteiger partial charge is 0.297 e. The Bertz CT molecular complexity index is 825. The molecule has 0 fully saturated rings. The number of nitro benzene ring substituents is 1. The van der Waals surface area contributed by atoms with Crippen LogP contribution in [0.3, 0.4) is 0 Å². The molecule has 0 spiro atoms. The highest BCUT2D eigenvalue weighted by Crippen LogP contribution is 2.25. The van der Waals surface area contributed by atoms with Crippen LogP contribution in [0, 0.1) is 17.0 Å². The molecule has 1 aromatic carbocycles. The van der Waals surface area contributed by atoms with Gasteiger partial charge in [-0.15, -0.1) is 0 Å². The maximum Gasteiger partial charge on any atom is 0.334 e. The lowest BCUT2D eigenvalue weighted by atomic mass is 10.2. The summed E-state index contributed by atoms with van der Waals surface area (Å²) in [6.45, 7) is 1.43. The van der Waals surface area contributed by atoms with Crippen molar-refractivity contribution in [3.63, 3.8) is 0 Å². The summed E-state index contributed by atoms with van der Waals surface area (Å²) in [4.78, 5) is 36.2. The Morgan fingerprint density at radius 1 is 1.30 bits per heavy atom. The van der Waals surface area contributed by atoms with Crippen LogP contribution in [-0.2, 0) is 0 Å². The topological polar surface area (TPSA) is 98.0 Å². The minimum Gasteiger partial charge on any atom is -0.297 e. The molecule has 0 aliphatic rings. The van der Waals surface area contributed by atoms with Crippen LogP contribution in [-0.4, -0.2) is 14.5 Å². The first kappa shape index (κ1) is 14.3. The largest absolute Gasteiger partial charge is 0.334 e. The van der Waals surface area contributed by atoms with Gasteiger partial charge in [0.15, 0.2) is 0 Å². The molecule has 0 saturated carbocycles. The number of hydrogen-bond donors (Lipinski definition) is 1. The summed E-state index contributed by atoms with van der Waals surface area (Å²) in [6.07, 6.45) is 0. The fraction of sp³-hybridized carbons (Fsp3) is 0.0909. The molecule has 2 rings (SSSR count). The van der Waals surface area contributed by atoms with Gasteiger partial charge in [-0.2, -0.15) is 0 Å². The lowest BCUT2D eigenvalue weighted by molar-refractivity contribution is -0.384. The van der Waals surface area contributed by atoms with E-state index in [1.165, 1.54) is 19.1 Å². The highest BCUT2D eigenvalue weighted by molar-refractivity contribution is 6.32. The second-order valence-electron chi connectivity index (χ2n) is 3.90. The van der Waals surface area contributed by atoms with Crippen molar-refractivity contribution in [1.82, 2.24) is 9.55 Å². The summed E-state index contributed by atoms with van der Waals surface area (Å²) in [5.74, 6) is 0. The van der Waals surface area contributed by atoms with Crippen molar-refractivity contribution in [2.45, 2.75) is 6.92 Å². The van der Waals surface area contributed by atoms with Crippen LogP contribution in [0.2, 0.25) is 10.2 Å². The average molecular weight is 316 g/mol. The highest BCUT2D eigenvalue weighted by Gasteiger charge is 2.16. The molecule has 0 saturated heterocycles. The monoisotopic (exact) mass is 315 g/mol. The predicted molar refractivity (Wildman–Crippen MR) is 74.1 cm³/mol. The third-order valence-corrected chi connectivity index (χ3v) is 3.36. The number of benzene rings is 1. The van der Waals surface area contributed by atoms with Crippen LogP contribution in [0.4, 0.5) is 5.69 Å². The number of nitrogens with zero attached hydrogens (tertiary/aromatic N) is 2. The maximum absolute atomic E-state index is 12.0. The van der Waals surface area contributed by atoms with Crippen molar-refractivity contribution in [3.8, 4) is 5.69 Å². The molecule has 1 aromatic heterocycles. The quantitative estimate of drug-likeness (QED) is 0.521. The number of aromatic amines is 1. The molecule has 0 amide bonds. The minimum absolute atomic E-state index is 0.0344. The summed E-state index contributed by atoms with van der Waals surface area (Å²) < 4.78 is 0.755. The summed E-state index contributed by atoms with van der Waals surface area (Å²) in [5, 5.41) is 10.7. The van der Waals surface area contributed by atoms with Gasteiger partial charge in [0.1, 0.15) is 10.2 Å². The second-order valence-corrected chi connectivity index (χ2v) is 4.69. The van der Waals surface area contributed by atoms with Gasteiger partial charge in [0.2, 0.25) is 0 Å². The molecule has 0 radical (unpaired) electrons. The van der Waals surface area contributed by atoms with Crippen molar-refractivity contribution in [2.24, 2.45) is 0 Å². The van der Waals surface area contributed by atoms with Crippen LogP contribution >= 0.6 is 23.2 Å². The molecule has 0 bridgehead atoms. The van der Waals surface area contributed by atoms with Gasteiger partial charge in [-0.3, -0.25) is 19.9 Å². The van der Waals surface area contributed by atoms with Gasteiger partial charge >= 0.3 is 5.69 Å². The molecule has 104 valence electrons. The number of rotatable bonds is 2. The fourth-order valence-corrected chi connectivity index (χ4v) is 1.96. The Morgan fingerprint density at radius 2 is 1.95 bits per heavy atom. The SMILES string of the molecule is Cc1c(Cl)[nH]c(=O)n(-c2ccc(Cl)c([N+](=O)[O-])c2)c1=O. The molecule has 9 heteroatoms. The molecule has 0 atom stereocenters. The van der Waals surface area contributed by atoms with E-state index in [4.69, 9.17) is 23.2 Å². The highest BCUT2D eigenvalue weighted by atomic mass is 35.5. The molecule has 20 heavy (non-hydrogen) atoms. The van der Waals surface area contributed by atoms with Gasteiger partial charge in [0.25, 0.3) is 11.2 Å². The fourth-order valence-electron chi connectivity index (χ4n) is 1.61. The van der Waals surface area contributed by atoms with Crippen LogP contribution in [0.15, 0.2) is 27.8 Å². The first-order valence-electron chi connectivity index (χ1n) is 5.28. The summed E-state index contributed by atoms with van der Waals surface area (Å²) in [6, 6.07) is 3.62. The van der Waals surface area contributed by atoms with Crippen molar-refractivity contribution < 1.29 is 4.92 Å². The molecule has 0 aliphatic carbocycles. The van der Waals surface area contributed by atoms with Crippen LogP contribution in [0.25, 0.3) is 5.69 Å². The number of halogens is 2. The van der Waals surface area contributed by atoms with E-state index < -0.39 is 21.9 Å². The van der Waals surface area contributed by atoms with Gasteiger partial charge in [0.05, 0.1) is 16.2 Å². The van der Waals surface area contributed by atoms with Gasteiger partial charge < -0.3 is 0 Å². The van der Waals surface area contributed by atoms with Crippen molar-refractivity contribution in [2.75, 3.05) is 0 Å². The Hall–Kier alpha value is -2.12. The van der Waals surface area contributed by atoms with Crippen LogP contribution in [0.5, 0.6) is 0 Å². The average Bonchev–Trinajstić information content (AvgIpc) is 2.37. The van der Waals surface area contributed by atoms with Crippen molar-refractivity contribution in [3.05, 3.63) is 64.9 Å². The third-order valence-electron chi connectivity index (χ3n) is 2.66. The van der Waals surface area contributed by atoms with Gasteiger partial charge in [-0.25, -0.2) is 9.36 Å². The number of H-pyrrole nitrogens is 1.